The monoisotopic (exact) mass is 254 g/mol. The minimum absolute atomic E-state index is 0.101. The van der Waals surface area contributed by atoms with Crippen molar-refractivity contribution in [1.29, 1.82) is 0 Å². The van der Waals surface area contributed by atoms with Gasteiger partial charge in [-0.15, -0.1) is 0 Å². The Labute approximate surface area is 104 Å². The molecule has 0 spiro atoms. The second-order valence-electron chi connectivity index (χ2n) is 3.95. The lowest BCUT2D eigenvalue weighted by molar-refractivity contribution is -0.138. The van der Waals surface area contributed by atoms with Gasteiger partial charge < -0.3 is 10.0 Å². The lowest BCUT2D eigenvalue weighted by Gasteiger charge is -2.26. The van der Waals surface area contributed by atoms with E-state index in [1.165, 1.54) is 17.2 Å². The molecule has 6 heteroatoms. The fourth-order valence-corrected chi connectivity index (χ4v) is 1.50. The van der Waals surface area contributed by atoms with Crippen LogP contribution in [0.2, 0.25) is 0 Å². The average Bonchev–Trinajstić information content (AvgIpc) is 2.34. The third kappa shape index (κ3) is 3.51. The molecule has 0 aromatic carbocycles. The van der Waals surface area contributed by atoms with Gasteiger partial charge in [0.2, 0.25) is 5.95 Å². The fourth-order valence-electron chi connectivity index (χ4n) is 1.50. The van der Waals surface area contributed by atoms with E-state index in [4.69, 9.17) is 5.11 Å². The minimum Gasteiger partial charge on any atom is -0.480 e. The molecule has 0 radical (unpaired) electrons. The van der Waals surface area contributed by atoms with E-state index in [-0.39, 0.29) is 11.6 Å². The van der Waals surface area contributed by atoms with Crippen LogP contribution in [-0.2, 0) is 4.79 Å². The summed E-state index contributed by atoms with van der Waals surface area (Å²) < 4.78 is 12.9. The molecule has 1 unspecified atom stereocenters. The van der Waals surface area contributed by atoms with Gasteiger partial charge in [0.05, 0.1) is 0 Å². The summed E-state index contributed by atoms with van der Waals surface area (Å²) in [5.41, 5.74) is 0.101. The van der Waals surface area contributed by atoms with Crippen LogP contribution in [0.1, 0.15) is 30.6 Å². The number of hydrogen-bond donors (Lipinski definition) is 1. The molecule has 1 heterocycles. The number of aliphatic carboxylic acids is 1. The number of pyridine rings is 1. The van der Waals surface area contributed by atoms with Gasteiger partial charge in [-0.3, -0.25) is 9.59 Å². The third-order valence-electron chi connectivity index (χ3n) is 2.66. The van der Waals surface area contributed by atoms with E-state index in [0.717, 1.165) is 6.07 Å². The predicted octanol–water partition coefficient (Wildman–Crippen LogP) is 1.55. The number of carbonyl (C=O) groups excluding carboxylic acids is 1. The van der Waals surface area contributed by atoms with Crippen LogP contribution in [-0.4, -0.2) is 39.5 Å². The average molecular weight is 254 g/mol. The van der Waals surface area contributed by atoms with Gasteiger partial charge in [-0.25, -0.2) is 4.98 Å². The Bertz CT molecular complexity index is 451. The molecule has 98 valence electrons. The number of rotatable bonds is 5. The van der Waals surface area contributed by atoms with Crippen molar-refractivity contribution in [2.45, 2.75) is 26.3 Å². The summed E-state index contributed by atoms with van der Waals surface area (Å²) >= 11 is 0. The molecule has 18 heavy (non-hydrogen) atoms. The number of hydrogen-bond acceptors (Lipinski definition) is 3. The molecule has 0 aliphatic carbocycles. The number of carboxylic acid groups (broad SMARTS) is 1. The van der Waals surface area contributed by atoms with E-state index in [9.17, 15) is 14.0 Å². The van der Waals surface area contributed by atoms with Crippen LogP contribution in [0.25, 0.3) is 0 Å². The van der Waals surface area contributed by atoms with Crippen molar-refractivity contribution >= 4 is 11.9 Å². The number of halogens is 1. The third-order valence-corrected chi connectivity index (χ3v) is 2.66. The number of carboxylic acids is 1. The smallest absolute Gasteiger partial charge is 0.323 e. The molecule has 1 rings (SSSR count). The van der Waals surface area contributed by atoms with Crippen LogP contribution in [0.4, 0.5) is 4.39 Å². The molecule has 5 nitrogen and oxygen atoms in total. The standard InChI is InChI=1S/C12H15FN2O3/c1-3-8(2)15(7-11(16)17)12(18)9-4-5-14-10(13)6-9/h4-6,8H,3,7H2,1-2H3,(H,16,17). The van der Waals surface area contributed by atoms with Gasteiger partial charge in [0.1, 0.15) is 6.54 Å². The molecule has 1 aromatic heterocycles. The van der Waals surface area contributed by atoms with E-state index in [1.807, 2.05) is 6.92 Å². The van der Waals surface area contributed by atoms with Crippen molar-refractivity contribution in [3.05, 3.63) is 29.8 Å². The first-order valence-corrected chi connectivity index (χ1v) is 5.60. The molecule has 0 aliphatic rings. The Hall–Kier alpha value is -1.98. The largest absolute Gasteiger partial charge is 0.480 e. The Morgan fingerprint density at radius 1 is 1.56 bits per heavy atom. The quantitative estimate of drug-likeness (QED) is 0.809. The summed E-state index contributed by atoms with van der Waals surface area (Å²) in [6.45, 7) is 3.19. The molecule has 1 atom stereocenters. The van der Waals surface area contributed by atoms with Gasteiger partial charge in [-0.2, -0.15) is 4.39 Å². The van der Waals surface area contributed by atoms with Gasteiger partial charge in [0.25, 0.3) is 5.91 Å². The van der Waals surface area contributed by atoms with Crippen molar-refractivity contribution < 1.29 is 19.1 Å². The lowest BCUT2D eigenvalue weighted by atomic mass is 10.1. The van der Waals surface area contributed by atoms with Gasteiger partial charge in [0.15, 0.2) is 0 Å². The second kappa shape index (κ2) is 6.09. The highest BCUT2D eigenvalue weighted by molar-refractivity contribution is 5.95. The first-order valence-electron chi connectivity index (χ1n) is 5.60. The highest BCUT2D eigenvalue weighted by Gasteiger charge is 2.23. The molecule has 0 bridgehead atoms. The molecule has 1 N–H and O–H groups in total. The van der Waals surface area contributed by atoms with Crippen molar-refractivity contribution in [2.75, 3.05) is 6.54 Å². The first-order chi connectivity index (χ1) is 8.45. The number of aromatic nitrogens is 1. The van der Waals surface area contributed by atoms with Crippen molar-refractivity contribution in [3.63, 3.8) is 0 Å². The number of nitrogens with zero attached hydrogens (tertiary/aromatic N) is 2. The highest BCUT2D eigenvalue weighted by atomic mass is 19.1. The number of carbonyl (C=O) groups is 2. The SMILES string of the molecule is CCC(C)N(CC(=O)O)C(=O)c1ccnc(F)c1. The maximum Gasteiger partial charge on any atom is 0.323 e. The van der Waals surface area contributed by atoms with Gasteiger partial charge in [-0.05, 0) is 19.4 Å². The zero-order chi connectivity index (χ0) is 13.7. The highest BCUT2D eigenvalue weighted by Crippen LogP contribution is 2.11. The fraction of sp³-hybridized carbons (Fsp3) is 0.417. The van der Waals surface area contributed by atoms with E-state index < -0.39 is 24.4 Å². The Morgan fingerprint density at radius 2 is 2.22 bits per heavy atom. The Morgan fingerprint density at radius 3 is 2.72 bits per heavy atom. The molecule has 1 aromatic rings. The van der Waals surface area contributed by atoms with Crippen LogP contribution in [0.15, 0.2) is 18.3 Å². The lowest BCUT2D eigenvalue weighted by Crippen LogP contribution is -2.41. The van der Waals surface area contributed by atoms with E-state index >= 15 is 0 Å². The van der Waals surface area contributed by atoms with Crippen LogP contribution in [0, 0.1) is 5.95 Å². The molecule has 0 saturated carbocycles. The van der Waals surface area contributed by atoms with Crippen LogP contribution in [0.3, 0.4) is 0 Å². The van der Waals surface area contributed by atoms with Crippen molar-refractivity contribution in [2.24, 2.45) is 0 Å². The molecule has 0 aliphatic heterocycles. The maximum absolute atomic E-state index is 12.9. The minimum atomic E-state index is -1.10. The maximum atomic E-state index is 12.9. The summed E-state index contributed by atoms with van der Waals surface area (Å²) in [5.74, 6) is -2.37. The van der Waals surface area contributed by atoms with E-state index in [2.05, 4.69) is 4.98 Å². The summed E-state index contributed by atoms with van der Waals surface area (Å²) in [6, 6.07) is 2.13. The number of amides is 1. The van der Waals surface area contributed by atoms with Crippen molar-refractivity contribution in [3.8, 4) is 0 Å². The second-order valence-corrected chi connectivity index (χ2v) is 3.95. The molecule has 1 amide bonds. The summed E-state index contributed by atoms with van der Waals surface area (Å²) in [4.78, 5) is 27.4. The summed E-state index contributed by atoms with van der Waals surface area (Å²) in [5, 5.41) is 8.80. The van der Waals surface area contributed by atoms with Crippen LogP contribution < -0.4 is 0 Å². The molecular formula is C12H15FN2O3. The zero-order valence-electron chi connectivity index (χ0n) is 10.3. The normalized spacial score (nSPS) is 11.9. The molecular weight excluding hydrogens is 239 g/mol. The first kappa shape index (κ1) is 14.1. The van der Waals surface area contributed by atoms with Crippen LogP contribution in [0.5, 0.6) is 0 Å². The molecule has 0 saturated heterocycles. The Kier molecular flexibility index (Phi) is 4.76. The Balaban J connectivity index is 2.98. The predicted molar refractivity (Wildman–Crippen MR) is 62.6 cm³/mol. The van der Waals surface area contributed by atoms with Gasteiger partial charge >= 0.3 is 5.97 Å². The summed E-state index contributed by atoms with van der Waals surface area (Å²) in [6.07, 6.45) is 1.80. The van der Waals surface area contributed by atoms with Crippen molar-refractivity contribution in [1.82, 2.24) is 9.88 Å². The van der Waals surface area contributed by atoms with E-state index in [1.54, 1.807) is 6.92 Å². The van der Waals surface area contributed by atoms with Crippen LogP contribution >= 0.6 is 0 Å². The summed E-state index contributed by atoms with van der Waals surface area (Å²) in [7, 11) is 0. The van der Waals surface area contributed by atoms with Gasteiger partial charge in [0, 0.05) is 23.9 Å². The van der Waals surface area contributed by atoms with E-state index in [0.29, 0.717) is 6.42 Å². The topological polar surface area (TPSA) is 70.5 Å². The van der Waals surface area contributed by atoms with Gasteiger partial charge in [-0.1, -0.05) is 6.92 Å². The molecule has 0 fully saturated rings. The zero-order valence-corrected chi connectivity index (χ0v) is 10.3.